The van der Waals surface area contributed by atoms with Crippen LogP contribution in [-0.4, -0.2) is 20.2 Å². The molecule has 0 N–H and O–H groups in total. The van der Waals surface area contributed by atoms with Gasteiger partial charge in [-0.15, -0.1) is 0 Å². The molecule has 0 saturated heterocycles. The summed E-state index contributed by atoms with van der Waals surface area (Å²) < 4.78 is 25.0. The molecule has 0 unspecified atom stereocenters. The highest BCUT2D eigenvalue weighted by Gasteiger charge is 2.48. The van der Waals surface area contributed by atoms with Crippen molar-refractivity contribution in [2.45, 2.75) is 80.1 Å². The highest BCUT2D eigenvalue weighted by Crippen LogP contribution is 2.62. The molecule has 5 aromatic carbocycles. The first-order valence-corrected chi connectivity index (χ1v) is 19.3. The largest absolute Gasteiger partial charge is 0.497 e. The average molecular weight is 681 g/mol. The lowest BCUT2D eigenvalue weighted by molar-refractivity contribution is 0.163. The van der Waals surface area contributed by atoms with Gasteiger partial charge in [0.05, 0.1) is 19.1 Å². The van der Waals surface area contributed by atoms with Crippen LogP contribution in [-0.2, 0) is 11.0 Å². The first-order valence-electron chi connectivity index (χ1n) is 18.4. The Hall–Kier alpha value is -4.35. The molecular weight excluding hydrogens is 637 g/mol. The van der Waals surface area contributed by atoms with E-state index >= 15 is 0 Å². The van der Waals surface area contributed by atoms with E-state index in [1.165, 1.54) is 89.5 Å². The zero-order chi connectivity index (χ0) is 33.7. The fourth-order valence-electron chi connectivity index (χ4n) is 9.27. The monoisotopic (exact) mass is 680 g/mol. The van der Waals surface area contributed by atoms with Crippen LogP contribution in [0.4, 0.5) is 0 Å². The van der Waals surface area contributed by atoms with Crippen molar-refractivity contribution in [1.82, 2.24) is 0 Å². The molecule has 5 heteroatoms. The number of ether oxygens (including phenoxy) is 4. The van der Waals surface area contributed by atoms with Gasteiger partial charge in [0.15, 0.2) is 5.60 Å². The van der Waals surface area contributed by atoms with Gasteiger partial charge in [0.2, 0.25) is 0 Å². The highest BCUT2D eigenvalue weighted by molar-refractivity contribution is 7.99. The van der Waals surface area contributed by atoms with Crippen molar-refractivity contribution < 1.29 is 18.9 Å². The molecule has 9 rings (SSSR count). The van der Waals surface area contributed by atoms with Gasteiger partial charge in [-0.25, -0.2) is 0 Å². The van der Waals surface area contributed by atoms with Gasteiger partial charge in [-0.3, -0.25) is 0 Å². The normalized spacial score (nSPS) is 18.6. The molecule has 5 aromatic rings. The van der Waals surface area contributed by atoms with Gasteiger partial charge < -0.3 is 18.9 Å². The summed E-state index contributed by atoms with van der Waals surface area (Å²) in [6, 6.07) is 30.6. The molecule has 0 bridgehead atoms. The van der Waals surface area contributed by atoms with E-state index in [-0.39, 0.29) is 5.41 Å². The van der Waals surface area contributed by atoms with Crippen LogP contribution in [0.1, 0.15) is 92.0 Å². The van der Waals surface area contributed by atoms with Crippen molar-refractivity contribution in [3.63, 3.8) is 0 Å². The van der Waals surface area contributed by atoms with Crippen molar-refractivity contribution >= 4 is 28.6 Å². The maximum absolute atomic E-state index is 7.66. The van der Waals surface area contributed by atoms with Crippen molar-refractivity contribution in [1.29, 1.82) is 0 Å². The number of thioether (sulfide) groups is 1. The van der Waals surface area contributed by atoms with Crippen molar-refractivity contribution in [2.75, 3.05) is 20.2 Å². The summed E-state index contributed by atoms with van der Waals surface area (Å²) in [5.74, 6) is 4.16. The van der Waals surface area contributed by atoms with E-state index < -0.39 is 5.60 Å². The smallest absolute Gasteiger partial charge is 0.178 e. The Bertz CT molecular complexity index is 2040. The summed E-state index contributed by atoms with van der Waals surface area (Å²) in [7, 11) is 3.42. The lowest BCUT2D eigenvalue weighted by atomic mass is 9.68. The predicted molar refractivity (Wildman–Crippen MR) is 204 cm³/mol. The number of fused-ring (bicyclic) bond motifs is 11. The maximum Gasteiger partial charge on any atom is 0.178 e. The Morgan fingerprint density at radius 2 is 1.30 bits per heavy atom. The van der Waals surface area contributed by atoms with Gasteiger partial charge in [0, 0.05) is 27.5 Å². The van der Waals surface area contributed by atoms with Gasteiger partial charge >= 0.3 is 0 Å². The molecule has 4 aliphatic rings. The molecule has 2 heterocycles. The number of methoxy groups -OCH3 is 2. The third-order valence-corrected chi connectivity index (χ3v) is 12.6. The van der Waals surface area contributed by atoms with Crippen LogP contribution >= 0.6 is 11.8 Å². The van der Waals surface area contributed by atoms with Gasteiger partial charge in [0.25, 0.3) is 0 Å². The lowest BCUT2D eigenvalue weighted by Crippen LogP contribution is -2.35. The molecule has 0 amide bonds. The summed E-state index contributed by atoms with van der Waals surface area (Å²) in [6.07, 6.45) is 17.5. The SMILES string of the molecule is COc1ccc(C2(c3ccc(OC)cc3)C=Cc3c4c(c5cc6c(cc5c3O2)OCS6)-c2ccccc2C42CCCCCCCCCC2)cc1. The van der Waals surface area contributed by atoms with E-state index in [1.54, 1.807) is 26.0 Å². The Kier molecular flexibility index (Phi) is 8.07. The Labute approximate surface area is 299 Å². The van der Waals surface area contributed by atoms with Crippen LogP contribution in [0, 0.1) is 0 Å². The molecule has 1 saturated carbocycles. The Morgan fingerprint density at radius 1 is 0.680 bits per heavy atom. The van der Waals surface area contributed by atoms with E-state index in [0.29, 0.717) is 5.94 Å². The Balaban J connectivity index is 1.33. The molecule has 1 fully saturated rings. The molecule has 1 spiro atoms. The summed E-state index contributed by atoms with van der Waals surface area (Å²) in [5.41, 5.74) is 8.14. The molecule has 2 aliphatic carbocycles. The highest BCUT2D eigenvalue weighted by atomic mass is 32.2. The fraction of sp³-hybridized carbons (Fsp3) is 0.333. The minimum Gasteiger partial charge on any atom is -0.497 e. The summed E-state index contributed by atoms with van der Waals surface area (Å²) in [5, 5.41) is 2.38. The van der Waals surface area contributed by atoms with Crippen LogP contribution in [0.25, 0.3) is 28.0 Å². The van der Waals surface area contributed by atoms with E-state index in [4.69, 9.17) is 18.9 Å². The second-order valence-electron chi connectivity index (χ2n) is 14.3. The van der Waals surface area contributed by atoms with Gasteiger partial charge in [-0.05, 0) is 83.0 Å². The molecule has 50 heavy (non-hydrogen) atoms. The molecule has 0 aromatic heterocycles. The molecule has 2 aliphatic heterocycles. The van der Waals surface area contributed by atoms with E-state index in [1.807, 2.05) is 24.3 Å². The fourth-order valence-corrected chi connectivity index (χ4v) is 10.0. The number of benzene rings is 5. The first kappa shape index (κ1) is 31.6. The molecule has 0 radical (unpaired) electrons. The Morgan fingerprint density at radius 3 is 1.94 bits per heavy atom. The average Bonchev–Trinajstić information content (AvgIpc) is 3.73. The zero-order valence-electron chi connectivity index (χ0n) is 29.1. The van der Waals surface area contributed by atoms with E-state index in [0.717, 1.165) is 52.4 Å². The number of hydrogen-bond acceptors (Lipinski definition) is 5. The number of hydrogen-bond donors (Lipinski definition) is 0. The van der Waals surface area contributed by atoms with Crippen LogP contribution in [0.5, 0.6) is 23.0 Å². The lowest BCUT2D eigenvalue weighted by Gasteiger charge is -2.40. The zero-order valence-corrected chi connectivity index (χ0v) is 29.9. The molecular formula is C45H44O4S. The molecule has 254 valence electrons. The predicted octanol–water partition coefficient (Wildman–Crippen LogP) is 11.8. The van der Waals surface area contributed by atoms with E-state index in [2.05, 4.69) is 72.8 Å². The second-order valence-corrected chi connectivity index (χ2v) is 15.3. The molecule has 0 atom stereocenters. The standard InChI is InChI=1S/C45H44O4S/c1-46-32-19-15-30(16-20-32)45(31-17-21-33(47-2)22-18-31)26-23-35-42-41(36-28-40-39(48-29-50-40)27-37(36)43(35)49-45)34-13-9-10-14-38(34)44(42)24-11-7-5-3-4-6-8-12-25-44/h9-10,13-23,26-28H,3-8,11-12,24-25,29H2,1-2H3. The third-order valence-electron chi connectivity index (χ3n) is 11.7. The van der Waals surface area contributed by atoms with E-state index in [9.17, 15) is 0 Å². The van der Waals surface area contributed by atoms with Crippen molar-refractivity contribution in [3.05, 3.63) is 119 Å². The summed E-state index contributed by atoms with van der Waals surface area (Å²) in [6.45, 7) is 0. The van der Waals surface area contributed by atoms with Crippen molar-refractivity contribution in [3.8, 4) is 34.1 Å². The van der Waals surface area contributed by atoms with Gasteiger partial charge in [-0.1, -0.05) is 118 Å². The quantitative estimate of drug-likeness (QED) is 0.189. The maximum atomic E-state index is 7.66. The third kappa shape index (κ3) is 4.95. The van der Waals surface area contributed by atoms with Crippen LogP contribution in [0.3, 0.4) is 0 Å². The van der Waals surface area contributed by atoms with Crippen LogP contribution in [0.2, 0.25) is 0 Å². The minimum atomic E-state index is -0.867. The van der Waals surface area contributed by atoms with Crippen LogP contribution < -0.4 is 18.9 Å². The van der Waals surface area contributed by atoms with Crippen molar-refractivity contribution in [2.24, 2.45) is 0 Å². The number of rotatable bonds is 4. The topological polar surface area (TPSA) is 36.9 Å². The molecule has 4 nitrogen and oxygen atoms in total. The van der Waals surface area contributed by atoms with Crippen LogP contribution in [0.15, 0.2) is 95.9 Å². The summed E-state index contributed by atoms with van der Waals surface area (Å²) >= 11 is 1.79. The second kappa shape index (κ2) is 12.8. The van der Waals surface area contributed by atoms with Gasteiger partial charge in [-0.2, -0.15) is 0 Å². The summed E-state index contributed by atoms with van der Waals surface area (Å²) in [4.78, 5) is 1.21. The first-order chi connectivity index (χ1) is 24.6. The minimum absolute atomic E-state index is 0.0644. The van der Waals surface area contributed by atoms with Gasteiger partial charge in [0.1, 0.15) is 28.9 Å².